The highest BCUT2D eigenvalue weighted by atomic mass is 35.5. The van der Waals surface area contributed by atoms with Crippen molar-refractivity contribution in [3.05, 3.63) is 76.6 Å². The Hall–Kier alpha value is -3.32. The quantitative estimate of drug-likeness (QED) is 0.524. The molecule has 0 aliphatic carbocycles. The van der Waals surface area contributed by atoms with Crippen LogP contribution in [0.15, 0.2) is 54.6 Å². The molecule has 3 rings (SSSR count). The van der Waals surface area contributed by atoms with Gasteiger partial charge in [0.1, 0.15) is 10.7 Å². The van der Waals surface area contributed by atoms with Gasteiger partial charge in [0.15, 0.2) is 6.61 Å². The third-order valence-corrected chi connectivity index (χ3v) is 5.18. The third kappa shape index (κ3) is 5.24. The molecule has 0 radical (unpaired) electrons. The van der Waals surface area contributed by atoms with Crippen molar-refractivity contribution < 1.29 is 14.3 Å². The van der Waals surface area contributed by atoms with E-state index in [-0.39, 0.29) is 23.2 Å². The first-order chi connectivity index (χ1) is 14.8. The van der Waals surface area contributed by atoms with Crippen molar-refractivity contribution in [2.45, 2.75) is 13.5 Å². The van der Waals surface area contributed by atoms with Crippen molar-refractivity contribution in [3.8, 4) is 5.69 Å². The number of benzene rings is 2. The van der Waals surface area contributed by atoms with Crippen LogP contribution in [-0.2, 0) is 16.1 Å². The van der Waals surface area contributed by atoms with Gasteiger partial charge in [-0.2, -0.15) is 5.10 Å². The Morgan fingerprint density at radius 2 is 1.68 bits per heavy atom. The summed E-state index contributed by atoms with van der Waals surface area (Å²) in [6, 6.07) is 17.1. The second-order valence-corrected chi connectivity index (χ2v) is 7.74. The lowest BCUT2D eigenvalue weighted by molar-refractivity contribution is -0.133. The second kappa shape index (κ2) is 9.66. The minimum Gasteiger partial charge on any atom is -0.452 e. The molecule has 0 spiro atoms. The lowest BCUT2D eigenvalue weighted by atomic mass is 10.2. The van der Waals surface area contributed by atoms with E-state index in [1.807, 2.05) is 73.6 Å². The van der Waals surface area contributed by atoms with E-state index in [4.69, 9.17) is 16.3 Å². The third-order valence-electron chi connectivity index (χ3n) is 4.83. The number of halogens is 1. The Morgan fingerprint density at radius 3 is 2.29 bits per heavy atom. The summed E-state index contributed by atoms with van der Waals surface area (Å²) in [5.41, 5.74) is 3.37. The van der Waals surface area contributed by atoms with Gasteiger partial charge in [0.25, 0.3) is 5.91 Å². The summed E-state index contributed by atoms with van der Waals surface area (Å²) in [4.78, 5) is 28.5. The molecule has 7 nitrogen and oxygen atoms in total. The molecule has 0 atom stereocenters. The number of ether oxygens (including phenoxy) is 1. The minimum absolute atomic E-state index is 0.149. The number of anilines is 1. The van der Waals surface area contributed by atoms with E-state index in [2.05, 4.69) is 5.10 Å². The van der Waals surface area contributed by atoms with E-state index in [9.17, 15) is 9.59 Å². The number of aryl methyl sites for hydroxylation is 1. The Balaban J connectivity index is 1.61. The normalized spacial score (nSPS) is 10.6. The number of para-hydroxylation sites is 1. The predicted molar refractivity (Wildman–Crippen MR) is 121 cm³/mol. The number of aromatic nitrogens is 2. The van der Waals surface area contributed by atoms with Crippen LogP contribution < -0.4 is 4.90 Å². The van der Waals surface area contributed by atoms with Gasteiger partial charge in [0.2, 0.25) is 0 Å². The topological polar surface area (TPSA) is 67.7 Å². The van der Waals surface area contributed by atoms with E-state index in [1.165, 1.54) is 9.58 Å². The zero-order valence-corrected chi connectivity index (χ0v) is 18.8. The van der Waals surface area contributed by atoms with Gasteiger partial charge in [-0.15, -0.1) is 0 Å². The van der Waals surface area contributed by atoms with Crippen LogP contribution in [0.4, 0.5) is 5.69 Å². The molecule has 0 bridgehead atoms. The standard InChI is InChI=1S/C23H25ClN4O3/c1-16-21(22(24)28(25-16)19-8-6-5-7-9-19)23(30)31-15-20(29)27(4)14-17-10-12-18(13-11-17)26(2)3/h5-13H,14-15H2,1-4H3. The van der Waals surface area contributed by atoms with Crippen LogP contribution in [0.1, 0.15) is 21.6 Å². The highest BCUT2D eigenvalue weighted by Gasteiger charge is 2.23. The highest BCUT2D eigenvalue weighted by Crippen LogP contribution is 2.24. The number of nitrogens with zero attached hydrogens (tertiary/aromatic N) is 4. The Labute approximate surface area is 186 Å². The lowest BCUT2D eigenvalue weighted by Gasteiger charge is -2.18. The molecule has 0 aliphatic heterocycles. The molecule has 2 aromatic carbocycles. The van der Waals surface area contributed by atoms with Gasteiger partial charge in [0, 0.05) is 33.4 Å². The molecule has 1 aromatic heterocycles. The summed E-state index contributed by atoms with van der Waals surface area (Å²) in [6.45, 7) is 1.71. The van der Waals surface area contributed by atoms with Crippen LogP contribution in [0.3, 0.4) is 0 Å². The van der Waals surface area contributed by atoms with Crippen molar-refractivity contribution in [2.75, 3.05) is 32.6 Å². The van der Waals surface area contributed by atoms with Crippen LogP contribution in [-0.4, -0.2) is 54.3 Å². The number of hydrogen-bond donors (Lipinski definition) is 0. The molecule has 31 heavy (non-hydrogen) atoms. The average molecular weight is 441 g/mol. The van der Waals surface area contributed by atoms with Gasteiger partial charge >= 0.3 is 5.97 Å². The summed E-state index contributed by atoms with van der Waals surface area (Å²) in [5.74, 6) is -0.990. The molecule has 0 fully saturated rings. The van der Waals surface area contributed by atoms with Crippen LogP contribution in [0.2, 0.25) is 5.15 Å². The molecule has 0 aliphatic rings. The van der Waals surface area contributed by atoms with Crippen molar-refractivity contribution >= 4 is 29.2 Å². The van der Waals surface area contributed by atoms with Crippen LogP contribution >= 0.6 is 11.6 Å². The zero-order chi connectivity index (χ0) is 22.5. The number of likely N-dealkylation sites (N-methyl/N-ethyl adjacent to an activating group) is 1. The van der Waals surface area contributed by atoms with Gasteiger partial charge in [-0.1, -0.05) is 41.9 Å². The van der Waals surface area contributed by atoms with Gasteiger partial charge in [-0.05, 0) is 36.8 Å². The fourth-order valence-corrected chi connectivity index (χ4v) is 3.39. The summed E-state index contributed by atoms with van der Waals surface area (Å²) in [7, 11) is 5.61. The second-order valence-electron chi connectivity index (χ2n) is 7.39. The predicted octanol–water partition coefficient (Wildman–Crippen LogP) is 3.72. The number of hydrogen-bond acceptors (Lipinski definition) is 5. The first-order valence-corrected chi connectivity index (χ1v) is 10.1. The van der Waals surface area contributed by atoms with Gasteiger partial charge in [0.05, 0.1) is 11.4 Å². The maximum atomic E-state index is 12.6. The van der Waals surface area contributed by atoms with Gasteiger partial charge < -0.3 is 14.5 Å². The lowest BCUT2D eigenvalue weighted by Crippen LogP contribution is -2.30. The maximum absolute atomic E-state index is 12.6. The first kappa shape index (κ1) is 22.4. The molecular formula is C23H25ClN4O3. The largest absolute Gasteiger partial charge is 0.452 e. The van der Waals surface area contributed by atoms with Crippen molar-refractivity contribution in [2.24, 2.45) is 0 Å². The van der Waals surface area contributed by atoms with E-state index < -0.39 is 5.97 Å². The number of esters is 1. The number of carbonyl (C=O) groups is 2. The van der Waals surface area contributed by atoms with E-state index in [0.717, 1.165) is 16.9 Å². The van der Waals surface area contributed by atoms with Crippen molar-refractivity contribution in [1.82, 2.24) is 14.7 Å². The number of amides is 1. The van der Waals surface area contributed by atoms with E-state index >= 15 is 0 Å². The molecule has 0 N–H and O–H groups in total. The highest BCUT2D eigenvalue weighted by molar-refractivity contribution is 6.33. The molecule has 1 heterocycles. The Morgan fingerprint density at radius 1 is 1.03 bits per heavy atom. The smallest absolute Gasteiger partial charge is 0.343 e. The molecule has 0 saturated heterocycles. The first-order valence-electron chi connectivity index (χ1n) is 9.76. The fourth-order valence-electron chi connectivity index (χ4n) is 3.04. The van der Waals surface area contributed by atoms with Gasteiger partial charge in [-0.3, -0.25) is 4.79 Å². The number of rotatable bonds is 7. The molecule has 0 saturated carbocycles. The fraction of sp³-hybridized carbons (Fsp3) is 0.261. The molecule has 0 unspecified atom stereocenters. The van der Waals surface area contributed by atoms with E-state index in [1.54, 1.807) is 14.0 Å². The number of carbonyl (C=O) groups excluding carboxylic acids is 2. The van der Waals surface area contributed by atoms with Crippen LogP contribution in [0.25, 0.3) is 5.69 Å². The summed E-state index contributed by atoms with van der Waals surface area (Å²) >= 11 is 6.38. The van der Waals surface area contributed by atoms with Crippen LogP contribution in [0.5, 0.6) is 0 Å². The minimum atomic E-state index is -0.679. The zero-order valence-electron chi connectivity index (χ0n) is 18.0. The molecule has 8 heteroatoms. The summed E-state index contributed by atoms with van der Waals surface area (Å²) in [5, 5.41) is 4.47. The van der Waals surface area contributed by atoms with Gasteiger partial charge in [-0.25, -0.2) is 9.48 Å². The van der Waals surface area contributed by atoms with E-state index in [0.29, 0.717) is 12.2 Å². The maximum Gasteiger partial charge on any atom is 0.343 e. The molecule has 1 amide bonds. The molecular weight excluding hydrogens is 416 g/mol. The SMILES string of the molecule is Cc1nn(-c2ccccc2)c(Cl)c1C(=O)OCC(=O)N(C)Cc1ccc(N(C)C)cc1. The molecule has 3 aromatic rings. The Bertz CT molecular complexity index is 1060. The van der Waals surface area contributed by atoms with Crippen LogP contribution in [0, 0.1) is 6.92 Å². The summed E-state index contributed by atoms with van der Waals surface area (Å²) in [6.07, 6.45) is 0. The Kier molecular flexibility index (Phi) is 6.97. The van der Waals surface area contributed by atoms with Crippen molar-refractivity contribution in [3.63, 3.8) is 0 Å². The summed E-state index contributed by atoms with van der Waals surface area (Å²) < 4.78 is 6.71. The monoisotopic (exact) mass is 440 g/mol. The average Bonchev–Trinajstić information content (AvgIpc) is 3.06. The molecule has 162 valence electrons. The van der Waals surface area contributed by atoms with Crippen molar-refractivity contribution in [1.29, 1.82) is 0 Å².